The Bertz CT molecular complexity index is 1370. The lowest BCUT2D eigenvalue weighted by molar-refractivity contribution is -0.139. The number of benzene rings is 1. The number of aliphatic carboxylic acids is 1. The molecule has 0 aromatic heterocycles. The van der Waals surface area contributed by atoms with Gasteiger partial charge < -0.3 is 20.5 Å². The van der Waals surface area contributed by atoms with Gasteiger partial charge in [0.1, 0.15) is 12.6 Å². The number of amides is 1. The fourth-order valence-corrected chi connectivity index (χ4v) is 9.03. The van der Waals surface area contributed by atoms with Crippen molar-refractivity contribution in [3.8, 4) is 0 Å². The first-order valence-electron chi connectivity index (χ1n) is 17.0. The summed E-state index contributed by atoms with van der Waals surface area (Å²) in [7, 11) is 0. The number of nitrogens with zero attached hydrogens (tertiary/aromatic N) is 2. The van der Waals surface area contributed by atoms with E-state index in [9.17, 15) is 14.7 Å². The molecular weight excluding hydrogens is 566 g/mol. The first kappa shape index (κ1) is 31.4. The lowest BCUT2D eigenvalue weighted by Crippen LogP contribution is -2.43. The van der Waals surface area contributed by atoms with Crippen molar-refractivity contribution in [1.82, 2.24) is 16.1 Å². The Morgan fingerprint density at radius 1 is 1.18 bits per heavy atom. The summed E-state index contributed by atoms with van der Waals surface area (Å²) >= 11 is 0. The number of allylic oxidation sites excluding steroid dienone is 3. The van der Waals surface area contributed by atoms with Crippen molar-refractivity contribution in [1.29, 1.82) is 0 Å². The normalized spacial score (nSPS) is 30.5. The molecule has 9 heteroatoms. The van der Waals surface area contributed by atoms with Gasteiger partial charge in [0.05, 0.1) is 6.54 Å². The number of aliphatic imine (C=N–C) groups is 1. The zero-order valence-corrected chi connectivity index (χ0v) is 26.7. The van der Waals surface area contributed by atoms with Gasteiger partial charge >= 0.3 is 12.1 Å². The molecule has 9 nitrogen and oxygen atoms in total. The van der Waals surface area contributed by atoms with Gasteiger partial charge in [0.15, 0.2) is 0 Å². The molecule has 1 aromatic rings. The molecule has 3 fully saturated rings. The number of hydrogen-bond donors (Lipinski definition) is 4. The Hall–Kier alpha value is -3.62. The molecule has 4 N–H and O–H groups in total. The van der Waals surface area contributed by atoms with Crippen LogP contribution in [0.2, 0.25) is 0 Å². The zero-order chi connectivity index (χ0) is 31.4. The fraction of sp³-hybridized carbons (Fsp3) is 0.611. The van der Waals surface area contributed by atoms with Gasteiger partial charge in [0, 0.05) is 12.3 Å². The Kier molecular flexibility index (Phi) is 9.61. The Morgan fingerprint density at radius 3 is 2.80 bits per heavy atom. The topological polar surface area (TPSA) is 124 Å². The van der Waals surface area contributed by atoms with Crippen LogP contribution in [0.3, 0.4) is 0 Å². The second-order valence-electron chi connectivity index (χ2n) is 14.0. The maximum Gasteiger partial charge on any atom is 0.408 e. The predicted molar refractivity (Wildman–Crippen MR) is 176 cm³/mol. The summed E-state index contributed by atoms with van der Waals surface area (Å²) in [5.41, 5.74) is 10.3. The smallest absolute Gasteiger partial charge is 0.408 e. The largest absolute Gasteiger partial charge is 0.480 e. The average Bonchev–Trinajstić information content (AvgIpc) is 3.67. The Morgan fingerprint density at radius 2 is 2.02 bits per heavy atom. The van der Waals surface area contributed by atoms with Gasteiger partial charge in [-0.2, -0.15) is 5.10 Å². The molecule has 45 heavy (non-hydrogen) atoms. The fourth-order valence-electron chi connectivity index (χ4n) is 9.03. The van der Waals surface area contributed by atoms with Crippen LogP contribution in [0.5, 0.6) is 0 Å². The van der Waals surface area contributed by atoms with Crippen LogP contribution in [0.15, 0.2) is 63.7 Å². The van der Waals surface area contributed by atoms with Crippen molar-refractivity contribution in [2.45, 2.75) is 96.6 Å². The van der Waals surface area contributed by atoms with Crippen LogP contribution in [0, 0.1) is 29.1 Å². The van der Waals surface area contributed by atoms with Gasteiger partial charge in [-0.1, -0.05) is 73.4 Å². The van der Waals surface area contributed by atoms with E-state index in [4.69, 9.17) is 9.84 Å². The number of fused-ring (bicyclic) bond motifs is 4. The average molecular weight is 616 g/mol. The number of unbranched alkanes of at least 4 members (excludes halogenated alkanes) is 1. The summed E-state index contributed by atoms with van der Waals surface area (Å²) in [5.74, 6) is 2.17. The lowest BCUT2D eigenvalue weighted by atomic mass is 9.52. The molecular formula is C36H49N5O4. The second-order valence-corrected chi connectivity index (χ2v) is 14.0. The molecule has 1 aromatic carbocycles. The standard InChI is InChI=1S/C36H49N5O4/c1-23-12-17-30-29-15-13-25-20-27(40-41-34-37-18-19-38-34)14-16-28(25)32(29)26(21-36(23,30)2)10-6-7-11-31(33(42)43)39-35(44)45-22-24-8-4-3-5-9-24/h3-5,8-9,25-26,29-31H,1,6-7,10-22H2,2H3,(H,39,44)(H,42,43)(H2,37,38,41)/t25?,26-,29-,30-,31?,36+/m0/s1. The van der Waals surface area contributed by atoms with E-state index < -0.39 is 18.1 Å². The number of hydrazone groups is 1. The second kappa shape index (κ2) is 13.8. The number of nitrogens with one attached hydrogen (secondary N) is 3. The first-order valence-corrected chi connectivity index (χ1v) is 17.0. The molecule has 6 atom stereocenters. The summed E-state index contributed by atoms with van der Waals surface area (Å²) in [5, 5.41) is 20.4. The number of alkyl carbamates (subject to hydrolysis) is 1. The maximum absolute atomic E-state index is 12.4. The minimum absolute atomic E-state index is 0.113. The molecule has 0 radical (unpaired) electrons. The minimum Gasteiger partial charge on any atom is -0.480 e. The molecule has 1 aliphatic heterocycles. The van der Waals surface area contributed by atoms with Crippen molar-refractivity contribution in [3.63, 3.8) is 0 Å². The summed E-state index contributed by atoms with van der Waals surface area (Å²) in [4.78, 5) is 28.8. The molecule has 4 aliphatic carbocycles. The number of carbonyl (C=O) groups excluding carboxylic acids is 1. The third-order valence-corrected chi connectivity index (χ3v) is 11.3. The van der Waals surface area contributed by atoms with Crippen LogP contribution in [-0.4, -0.2) is 48.0 Å². The molecule has 2 unspecified atom stereocenters. The molecule has 1 amide bonds. The summed E-state index contributed by atoms with van der Waals surface area (Å²) in [6.45, 7) is 8.81. The quantitative estimate of drug-likeness (QED) is 0.139. The number of guanidine groups is 1. The number of carboxylic acids is 1. The monoisotopic (exact) mass is 615 g/mol. The van der Waals surface area contributed by atoms with Gasteiger partial charge in [-0.15, -0.1) is 0 Å². The van der Waals surface area contributed by atoms with E-state index in [1.54, 1.807) is 11.1 Å². The Balaban J connectivity index is 1.09. The third kappa shape index (κ3) is 6.97. The van der Waals surface area contributed by atoms with Gasteiger partial charge in [-0.05, 0) is 98.9 Å². The highest BCUT2D eigenvalue weighted by Crippen LogP contribution is 2.64. The number of ether oxygens (including phenoxy) is 1. The van der Waals surface area contributed by atoms with E-state index in [2.05, 4.69) is 34.6 Å². The summed E-state index contributed by atoms with van der Waals surface area (Å²) in [6, 6.07) is 8.43. The van der Waals surface area contributed by atoms with Crippen LogP contribution in [0.25, 0.3) is 0 Å². The third-order valence-electron chi connectivity index (χ3n) is 11.3. The molecule has 1 heterocycles. The Labute approximate surface area is 267 Å². The van der Waals surface area contributed by atoms with Crippen molar-refractivity contribution < 1.29 is 19.4 Å². The van der Waals surface area contributed by atoms with Gasteiger partial charge in [-0.25, -0.2) is 20.0 Å². The van der Waals surface area contributed by atoms with E-state index in [1.807, 2.05) is 30.3 Å². The molecule has 0 bridgehead atoms. The van der Waals surface area contributed by atoms with E-state index in [-0.39, 0.29) is 12.0 Å². The van der Waals surface area contributed by atoms with Crippen LogP contribution in [0.1, 0.15) is 89.5 Å². The first-order chi connectivity index (χ1) is 21.8. The molecule has 3 saturated carbocycles. The lowest BCUT2D eigenvalue weighted by Gasteiger charge is -2.52. The highest BCUT2D eigenvalue weighted by atomic mass is 16.5. The van der Waals surface area contributed by atoms with Crippen molar-refractivity contribution in [3.05, 3.63) is 59.2 Å². The van der Waals surface area contributed by atoms with E-state index in [1.165, 1.54) is 30.5 Å². The van der Waals surface area contributed by atoms with Crippen molar-refractivity contribution in [2.24, 2.45) is 39.2 Å². The molecule has 5 aliphatic rings. The SMILES string of the molecule is C=C1CC[C@H]2[C@@H]3CCC4CC(=NNC5=NCCN5)CCC4=C3[C@@H](CCCCC(NC(=O)OCc3ccccc3)C(=O)O)C[C@]12C. The van der Waals surface area contributed by atoms with E-state index >= 15 is 0 Å². The number of rotatable bonds is 10. The highest BCUT2D eigenvalue weighted by molar-refractivity contribution is 5.89. The zero-order valence-electron chi connectivity index (χ0n) is 26.7. The van der Waals surface area contributed by atoms with Gasteiger partial charge in [0.2, 0.25) is 5.96 Å². The van der Waals surface area contributed by atoms with Crippen molar-refractivity contribution in [2.75, 3.05) is 13.1 Å². The predicted octanol–water partition coefficient (Wildman–Crippen LogP) is 6.33. The number of hydrogen-bond acceptors (Lipinski definition) is 7. The molecule has 6 rings (SSSR count). The van der Waals surface area contributed by atoms with Crippen LogP contribution >= 0.6 is 0 Å². The number of carbonyl (C=O) groups is 2. The summed E-state index contributed by atoms with van der Waals surface area (Å²) < 4.78 is 5.28. The summed E-state index contributed by atoms with van der Waals surface area (Å²) in [6.07, 6.45) is 11.6. The molecule has 0 saturated heterocycles. The number of carboxylic acid groups (broad SMARTS) is 1. The minimum atomic E-state index is -1.02. The van der Waals surface area contributed by atoms with E-state index in [0.29, 0.717) is 30.1 Å². The van der Waals surface area contributed by atoms with Gasteiger partial charge in [-0.3, -0.25) is 0 Å². The molecule has 242 valence electrons. The van der Waals surface area contributed by atoms with Crippen LogP contribution in [-0.2, 0) is 16.1 Å². The van der Waals surface area contributed by atoms with Crippen LogP contribution in [0.4, 0.5) is 4.79 Å². The van der Waals surface area contributed by atoms with E-state index in [0.717, 1.165) is 76.0 Å². The molecule has 0 spiro atoms. The van der Waals surface area contributed by atoms with Gasteiger partial charge in [0.25, 0.3) is 0 Å². The highest BCUT2D eigenvalue weighted by Gasteiger charge is 2.54. The maximum atomic E-state index is 12.4. The van der Waals surface area contributed by atoms with Crippen LogP contribution < -0.4 is 16.1 Å². The van der Waals surface area contributed by atoms with Crippen molar-refractivity contribution >= 4 is 23.7 Å².